The molecule has 2 fully saturated rings. The fourth-order valence-electron chi connectivity index (χ4n) is 4.37. The molecule has 2 heterocycles. The van der Waals surface area contributed by atoms with Crippen molar-refractivity contribution in [2.24, 2.45) is 28.8 Å². The number of carbonyl (C=O) groups is 2. The van der Waals surface area contributed by atoms with Crippen LogP contribution in [0.4, 0.5) is 4.39 Å². The minimum absolute atomic E-state index is 0.146. The molecule has 136 valence electrons. The molecule has 1 aromatic heterocycles. The van der Waals surface area contributed by atoms with E-state index in [0.717, 1.165) is 11.4 Å². The van der Waals surface area contributed by atoms with Crippen molar-refractivity contribution in [2.45, 2.75) is 6.42 Å². The van der Waals surface area contributed by atoms with Gasteiger partial charge in [0.15, 0.2) is 0 Å². The van der Waals surface area contributed by atoms with Crippen LogP contribution in [0.15, 0.2) is 56.5 Å². The largest absolute Gasteiger partial charge is 0.455 e. The number of nitrogens with zero attached hydrogens (tertiary/aromatic N) is 2. The number of rotatable bonds is 3. The Balaban J connectivity index is 1.37. The van der Waals surface area contributed by atoms with Crippen LogP contribution in [-0.4, -0.2) is 23.0 Å². The van der Waals surface area contributed by atoms with Gasteiger partial charge < -0.3 is 4.42 Å². The number of allylic oxidation sites excluding steroid dienone is 2. The van der Waals surface area contributed by atoms with E-state index in [1.807, 2.05) is 12.2 Å². The summed E-state index contributed by atoms with van der Waals surface area (Å²) in [5.41, 5.74) is 0.323. The average Bonchev–Trinajstić information content (AvgIpc) is 3.39. The van der Waals surface area contributed by atoms with Gasteiger partial charge in [-0.25, -0.2) is 4.39 Å². The number of hydrogen-bond acceptors (Lipinski definition) is 4. The maximum atomic E-state index is 14.1. The zero-order chi connectivity index (χ0) is 18.7. The van der Waals surface area contributed by atoms with Crippen LogP contribution >= 0.6 is 15.9 Å². The summed E-state index contributed by atoms with van der Waals surface area (Å²) in [6.45, 7) is 0. The normalized spacial score (nSPS) is 28.7. The molecule has 1 aromatic carbocycles. The van der Waals surface area contributed by atoms with Crippen LogP contribution in [0.25, 0.3) is 11.3 Å². The number of furan rings is 1. The summed E-state index contributed by atoms with van der Waals surface area (Å²) in [5.74, 6) is -0.497. The molecule has 5 rings (SSSR count). The van der Waals surface area contributed by atoms with Crippen LogP contribution in [0.2, 0.25) is 0 Å². The SMILES string of the molecule is O=C1C2C3C=CC(C3)C2C(=O)N1N=Cc1ccc(-c2ccc(Br)cc2F)o1. The van der Waals surface area contributed by atoms with Crippen LogP contribution in [0.3, 0.4) is 0 Å². The third-order valence-corrected chi connectivity index (χ3v) is 6.06. The van der Waals surface area contributed by atoms with Crippen molar-refractivity contribution >= 4 is 34.0 Å². The quantitative estimate of drug-likeness (QED) is 0.421. The van der Waals surface area contributed by atoms with Crippen molar-refractivity contribution in [1.29, 1.82) is 0 Å². The Kier molecular flexibility index (Phi) is 3.69. The molecule has 4 unspecified atom stereocenters. The Morgan fingerprint density at radius 2 is 1.81 bits per heavy atom. The van der Waals surface area contributed by atoms with Gasteiger partial charge in [-0.2, -0.15) is 10.1 Å². The minimum atomic E-state index is -0.414. The molecule has 1 saturated heterocycles. The van der Waals surface area contributed by atoms with Crippen molar-refractivity contribution in [3.05, 3.63) is 58.5 Å². The number of benzene rings is 1. The molecule has 7 heteroatoms. The van der Waals surface area contributed by atoms with E-state index in [-0.39, 0.29) is 35.5 Å². The first kappa shape index (κ1) is 16.6. The molecule has 1 aliphatic heterocycles. The maximum absolute atomic E-state index is 14.1. The van der Waals surface area contributed by atoms with Gasteiger partial charge in [-0.15, -0.1) is 0 Å². The lowest BCUT2D eigenvalue weighted by Crippen LogP contribution is -2.28. The van der Waals surface area contributed by atoms with Gasteiger partial charge in [0, 0.05) is 4.47 Å². The molecular formula is C20H14BrFN2O3. The molecule has 2 aliphatic carbocycles. The third-order valence-electron chi connectivity index (χ3n) is 5.57. The Morgan fingerprint density at radius 1 is 1.11 bits per heavy atom. The number of amides is 2. The lowest BCUT2D eigenvalue weighted by atomic mass is 9.85. The van der Waals surface area contributed by atoms with E-state index in [0.29, 0.717) is 21.6 Å². The smallest absolute Gasteiger partial charge is 0.254 e. The highest BCUT2D eigenvalue weighted by Gasteiger charge is 2.59. The van der Waals surface area contributed by atoms with E-state index in [9.17, 15) is 14.0 Å². The van der Waals surface area contributed by atoms with Crippen molar-refractivity contribution in [1.82, 2.24) is 5.01 Å². The maximum Gasteiger partial charge on any atom is 0.254 e. The topological polar surface area (TPSA) is 62.9 Å². The number of halogens is 2. The molecule has 2 amide bonds. The van der Waals surface area contributed by atoms with E-state index in [1.165, 1.54) is 12.3 Å². The van der Waals surface area contributed by atoms with Crippen LogP contribution in [0.1, 0.15) is 12.2 Å². The van der Waals surface area contributed by atoms with Gasteiger partial charge in [-0.1, -0.05) is 28.1 Å². The van der Waals surface area contributed by atoms with E-state index < -0.39 is 5.82 Å². The molecule has 3 aliphatic rings. The Morgan fingerprint density at radius 3 is 2.48 bits per heavy atom. The zero-order valence-electron chi connectivity index (χ0n) is 14.0. The van der Waals surface area contributed by atoms with Gasteiger partial charge in [-0.3, -0.25) is 9.59 Å². The summed E-state index contributed by atoms with van der Waals surface area (Å²) >= 11 is 3.22. The first-order valence-electron chi connectivity index (χ1n) is 8.68. The van der Waals surface area contributed by atoms with Gasteiger partial charge in [-0.05, 0) is 48.6 Å². The second-order valence-corrected chi connectivity index (χ2v) is 7.97. The monoisotopic (exact) mass is 428 g/mol. The van der Waals surface area contributed by atoms with Gasteiger partial charge in [0.25, 0.3) is 11.8 Å². The predicted octanol–water partition coefficient (Wildman–Crippen LogP) is 3.99. The molecule has 2 aromatic rings. The van der Waals surface area contributed by atoms with Crippen LogP contribution in [-0.2, 0) is 9.59 Å². The number of imide groups is 1. The van der Waals surface area contributed by atoms with Gasteiger partial charge >= 0.3 is 0 Å². The molecule has 0 radical (unpaired) electrons. The summed E-state index contributed by atoms with van der Waals surface area (Å²) < 4.78 is 20.3. The first-order chi connectivity index (χ1) is 13.0. The van der Waals surface area contributed by atoms with Gasteiger partial charge in [0.05, 0.1) is 23.6 Å². The fourth-order valence-corrected chi connectivity index (χ4v) is 4.70. The van der Waals surface area contributed by atoms with E-state index in [2.05, 4.69) is 21.0 Å². The van der Waals surface area contributed by atoms with Gasteiger partial charge in [0.2, 0.25) is 0 Å². The molecule has 0 spiro atoms. The molecule has 27 heavy (non-hydrogen) atoms. The van der Waals surface area contributed by atoms with Crippen molar-refractivity contribution < 1.29 is 18.4 Å². The molecule has 2 bridgehead atoms. The van der Waals surface area contributed by atoms with Crippen LogP contribution < -0.4 is 0 Å². The summed E-state index contributed by atoms with van der Waals surface area (Å²) in [6, 6.07) is 7.93. The summed E-state index contributed by atoms with van der Waals surface area (Å²) in [5, 5.41) is 5.03. The standard InChI is InChI=1S/C20H14BrFN2O3/c21-12-3-5-14(15(22)8-12)16-6-4-13(27-16)9-23-24-19(25)17-10-1-2-11(7-10)18(17)20(24)26/h1-6,8-11,17-18H,7H2. The van der Waals surface area contributed by atoms with Crippen molar-refractivity contribution in [2.75, 3.05) is 0 Å². The first-order valence-corrected chi connectivity index (χ1v) is 9.47. The highest BCUT2D eigenvalue weighted by atomic mass is 79.9. The summed E-state index contributed by atoms with van der Waals surface area (Å²) in [7, 11) is 0. The van der Waals surface area contributed by atoms with Crippen molar-refractivity contribution in [3.8, 4) is 11.3 Å². The number of hydrazone groups is 1. The Labute approximate surface area is 162 Å². The lowest BCUT2D eigenvalue weighted by molar-refractivity contribution is -0.140. The van der Waals surface area contributed by atoms with Crippen LogP contribution in [0.5, 0.6) is 0 Å². The highest BCUT2D eigenvalue weighted by molar-refractivity contribution is 9.10. The zero-order valence-corrected chi connectivity index (χ0v) is 15.6. The second-order valence-electron chi connectivity index (χ2n) is 7.06. The minimum Gasteiger partial charge on any atom is -0.455 e. The summed E-state index contributed by atoms with van der Waals surface area (Å²) in [6.07, 6.45) is 6.28. The van der Waals surface area contributed by atoms with E-state index in [1.54, 1.807) is 24.3 Å². The molecule has 4 atom stereocenters. The van der Waals surface area contributed by atoms with E-state index in [4.69, 9.17) is 4.42 Å². The second kappa shape index (κ2) is 5.99. The van der Waals surface area contributed by atoms with Crippen molar-refractivity contribution in [3.63, 3.8) is 0 Å². The number of carbonyl (C=O) groups excluding carboxylic acids is 2. The average molecular weight is 429 g/mol. The molecule has 1 saturated carbocycles. The van der Waals surface area contributed by atoms with Crippen LogP contribution in [0, 0.1) is 29.5 Å². The summed E-state index contributed by atoms with van der Waals surface area (Å²) in [4.78, 5) is 25.2. The Bertz CT molecular complexity index is 998. The lowest BCUT2D eigenvalue weighted by Gasteiger charge is -2.13. The molecule has 5 nitrogen and oxygen atoms in total. The third kappa shape index (κ3) is 2.52. The highest BCUT2D eigenvalue weighted by Crippen LogP contribution is 2.52. The number of hydrogen-bond donors (Lipinski definition) is 0. The predicted molar refractivity (Wildman–Crippen MR) is 99.0 cm³/mol. The fraction of sp³-hybridized carbons (Fsp3) is 0.250. The Hall–Kier alpha value is -2.54. The van der Waals surface area contributed by atoms with E-state index >= 15 is 0 Å². The van der Waals surface area contributed by atoms with Gasteiger partial charge in [0.1, 0.15) is 17.3 Å². The molecule has 0 N–H and O–H groups in total. The number of fused-ring (bicyclic) bond motifs is 5. The molecular weight excluding hydrogens is 415 g/mol.